The molecule has 0 aliphatic carbocycles. The lowest BCUT2D eigenvalue weighted by molar-refractivity contribution is 0.222. The summed E-state index contributed by atoms with van der Waals surface area (Å²) < 4.78 is 0. The molecule has 0 fully saturated rings. The zero-order valence-electron chi connectivity index (χ0n) is 7.33. The van der Waals surface area contributed by atoms with Crippen molar-refractivity contribution in [3.63, 3.8) is 0 Å². The minimum absolute atomic E-state index is 0.433. The highest BCUT2D eigenvalue weighted by atomic mass is 16.3. The van der Waals surface area contributed by atoms with Crippen molar-refractivity contribution in [1.29, 1.82) is 5.26 Å². The van der Waals surface area contributed by atoms with Gasteiger partial charge in [0.1, 0.15) is 0 Å². The van der Waals surface area contributed by atoms with Gasteiger partial charge in [-0.1, -0.05) is 6.92 Å². The number of aliphatic imine (C=N–C) groups is 1. The average molecular weight is 164 g/mol. The van der Waals surface area contributed by atoms with E-state index in [0.717, 1.165) is 24.1 Å². The maximum absolute atomic E-state index is 9.37. The van der Waals surface area contributed by atoms with Gasteiger partial charge in [-0.25, -0.2) is 0 Å². The lowest BCUT2D eigenvalue weighted by Crippen LogP contribution is -2.17. The van der Waals surface area contributed by atoms with Crippen molar-refractivity contribution in [2.75, 3.05) is 0 Å². The maximum atomic E-state index is 9.37. The second-order valence-electron chi connectivity index (χ2n) is 2.90. The number of aliphatic hydroxyl groups excluding tert-OH is 1. The van der Waals surface area contributed by atoms with Crippen molar-refractivity contribution in [2.24, 2.45) is 4.99 Å². The number of nitrogens with zero attached hydrogens (tertiary/aromatic N) is 2. The molecular weight excluding hydrogens is 152 g/mol. The quantitative estimate of drug-likeness (QED) is 0.636. The molecule has 12 heavy (non-hydrogen) atoms. The van der Waals surface area contributed by atoms with Gasteiger partial charge in [0.15, 0.2) is 6.23 Å². The molecule has 0 aromatic heterocycles. The molecular formula is C9H12N2O. The summed E-state index contributed by atoms with van der Waals surface area (Å²) in [6, 6.07) is 2.00. The number of hydrogen-bond acceptors (Lipinski definition) is 3. The molecule has 0 aromatic rings. The number of hydrogen-bond donors (Lipinski definition) is 1. The summed E-state index contributed by atoms with van der Waals surface area (Å²) >= 11 is 0. The second kappa shape index (κ2) is 3.51. The summed E-state index contributed by atoms with van der Waals surface area (Å²) in [7, 11) is 0. The van der Waals surface area contributed by atoms with E-state index in [9.17, 15) is 5.11 Å². The van der Waals surface area contributed by atoms with Crippen LogP contribution in [0.2, 0.25) is 0 Å². The Morgan fingerprint density at radius 3 is 2.92 bits per heavy atom. The summed E-state index contributed by atoms with van der Waals surface area (Å²) in [5.74, 6) is 0. The van der Waals surface area contributed by atoms with E-state index in [1.165, 1.54) is 0 Å². The van der Waals surface area contributed by atoms with Crippen LogP contribution in [0.25, 0.3) is 0 Å². The summed E-state index contributed by atoms with van der Waals surface area (Å²) in [6.07, 6.45) is 0.627. The van der Waals surface area contributed by atoms with Crippen LogP contribution in [0.1, 0.15) is 26.7 Å². The highest BCUT2D eigenvalue weighted by molar-refractivity contribution is 5.86. The van der Waals surface area contributed by atoms with E-state index in [0.29, 0.717) is 5.57 Å². The molecule has 0 bridgehead atoms. The monoisotopic (exact) mass is 164 g/mol. The molecule has 1 heterocycles. The third-order valence-corrected chi connectivity index (χ3v) is 2.00. The van der Waals surface area contributed by atoms with E-state index in [-0.39, 0.29) is 0 Å². The summed E-state index contributed by atoms with van der Waals surface area (Å²) in [6.45, 7) is 3.85. The van der Waals surface area contributed by atoms with Crippen molar-refractivity contribution in [3.05, 3.63) is 11.1 Å². The maximum Gasteiger partial charge on any atom is 0.181 e. The fraction of sp³-hybridized carbons (Fsp3) is 0.556. The van der Waals surface area contributed by atoms with Gasteiger partial charge >= 0.3 is 0 Å². The molecule has 0 aromatic carbocycles. The summed E-state index contributed by atoms with van der Waals surface area (Å²) in [5, 5.41) is 18.1. The van der Waals surface area contributed by atoms with E-state index in [1.807, 2.05) is 19.9 Å². The third kappa shape index (κ3) is 1.54. The number of allylic oxidation sites excluding steroid dienone is 1. The van der Waals surface area contributed by atoms with Crippen molar-refractivity contribution in [2.45, 2.75) is 32.9 Å². The minimum Gasteiger partial charge on any atom is -0.367 e. The van der Waals surface area contributed by atoms with Gasteiger partial charge in [-0.3, -0.25) is 4.99 Å². The lowest BCUT2D eigenvalue weighted by Gasteiger charge is -2.17. The molecule has 0 saturated heterocycles. The molecule has 64 valence electrons. The van der Waals surface area contributed by atoms with Gasteiger partial charge in [-0.05, 0) is 18.9 Å². The molecule has 1 unspecified atom stereocenters. The molecule has 1 rings (SSSR count). The fourth-order valence-corrected chi connectivity index (χ4v) is 1.36. The van der Waals surface area contributed by atoms with Crippen LogP contribution in [0.3, 0.4) is 0 Å². The standard InChI is InChI=1S/C9H12N2O/c1-3-7-4-6(2)11-9(12)8(7)5-10/h9,12H,3-4H2,1-2H3. The van der Waals surface area contributed by atoms with Crippen LogP contribution in [0.15, 0.2) is 16.1 Å². The Bertz CT molecular complexity index is 283. The average Bonchev–Trinajstić information content (AvgIpc) is 2.03. The smallest absolute Gasteiger partial charge is 0.181 e. The fourth-order valence-electron chi connectivity index (χ4n) is 1.36. The van der Waals surface area contributed by atoms with Crippen LogP contribution >= 0.6 is 0 Å². The molecule has 0 radical (unpaired) electrons. The van der Waals surface area contributed by atoms with Crippen LogP contribution in [0, 0.1) is 11.3 Å². The molecule has 1 aliphatic rings. The highest BCUT2D eigenvalue weighted by Gasteiger charge is 2.19. The van der Waals surface area contributed by atoms with Crippen LogP contribution in [-0.2, 0) is 0 Å². The number of nitriles is 1. The van der Waals surface area contributed by atoms with Gasteiger partial charge < -0.3 is 5.11 Å². The summed E-state index contributed by atoms with van der Waals surface area (Å²) in [4.78, 5) is 3.92. The Morgan fingerprint density at radius 2 is 2.42 bits per heavy atom. The minimum atomic E-state index is -0.918. The lowest BCUT2D eigenvalue weighted by atomic mass is 9.97. The SMILES string of the molecule is CCC1=C(C#N)C(O)N=C(C)C1. The summed E-state index contributed by atoms with van der Waals surface area (Å²) in [5.41, 5.74) is 2.35. The first-order valence-corrected chi connectivity index (χ1v) is 4.02. The zero-order valence-corrected chi connectivity index (χ0v) is 7.33. The number of aliphatic hydroxyl groups is 1. The van der Waals surface area contributed by atoms with E-state index in [2.05, 4.69) is 4.99 Å². The predicted molar refractivity (Wildman–Crippen MR) is 46.7 cm³/mol. The first-order valence-electron chi connectivity index (χ1n) is 4.02. The van der Waals surface area contributed by atoms with Crippen molar-refractivity contribution < 1.29 is 5.11 Å². The molecule has 0 amide bonds. The first-order chi connectivity index (χ1) is 5.69. The third-order valence-electron chi connectivity index (χ3n) is 2.00. The number of rotatable bonds is 1. The largest absolute Gasteiger partial charge is 0.367 e. The van der Waals surface area contributed by atoms with Crippen LogP contribution in [0.5, 0.6) is 0 Å². The molecule has 1 aliphatic heterocycles. The molecule has 0 spiro atoms. The van der Waals surface area contributed by atoms with Crippen molar-refractivity contribution >= 4 is 5.71 Å². The Labute approximate surface area is 72.0 Å². The van der Waals surface area contributed by atoms with Crippen molar-refractivity contribution in [1.82, 2.24) is 0 Å². The molecule has 3 heteroatoms. The van der Waals surface area contributed by atoms with E-state index < -0.39 is 6.23 Å². The molecule has 1 N–H and O–H groups in total. The Hall–Kier alpha value is -1.14. The van der Waals surface area contributed by atoms with Crippen LogP contribution < -0.4 is 0 Å². The number of dihydropyridines is 1. The van der Waals surface area contributed by atoms with Gasteiger partial charge in [0.2, 0.25) is 0 Å². The molecule has 3 nitrogen and oxygen atoms in total. The zero-order chi connectivity index (χ0) is 9.14. The van der Waals surface area contributed by atoms with Crippen molar-refractivity contribution in [3.8, 4) is 6.07 Å². The highest BCUT2D eigenvalue weighted by Crippen LogP contribution is 2.22. The van der Waals surface area contributed by atoms with Gasteiger partial charge in [0, 0.05) is 12.1 Å². The van der Waals surface area contributed by atoms with Crippen LogP contribution in [-0.4, -0.2) is 17.0 Å². The van der Waals surface area contributed by atoms with Gasteiger partial charge in [-0.2, -0.15) is 5.26 Å². The Kier molecular flexibility index (Phi) is 2.61. The van der Waals surface area contributed by atoms with E-state index >= 15 is 0 Å². The van der Waals surface area contributed by atoms with Crippen LogP contribution in [0.4, 0.5) is 0 Å². The van der Waals surface area contributed by atoms with Gasteiger partial charge in [0.05, 0.1) is 11.6 Å². The van der Waals surface area contributed by atoms with E-state index in [1.54, 1.807) is 0 Å². The predicted octanol–water partition coefficient (Wildman–Crippen LogP) is 1.40. The van der Waals surface area contributed by atoms with E-state index in [4.69, 9.17) is 5.26 Å². The first kappa shape index (κ1) is 8.95. The Balaban J connectivity index is 2.98. The normalized spacial score (nSPS) is 23.5. The topological polar surface area (TPSA) is 56.4 Å². The molecule has 0 saturated carbocycles. The Morgan fingerprint density at radius 1 is 1.75 bits per heavy atom. The second-order valence-corrected chi connectivity index (χ2v) is 2.90. The van der Waals surface area contributed by atoms with Gasteiger partial charge in [-0.15, -0.1) is 0 Å². The molecule has 1 atom stereocenters. The van der Waals surface area contributed by atoms with Gasteiger partial charge in [0.25, 0.3) is 0 Å².